The third kappa shape index (κ3) is 3.72. The summed E-state index contributed by atoms with van der Waals surface area (Å²) in [7, 11) is 0. The lowest BCUT2D eigenvalue weighted by molar-refractivity contribution is -0.134. The SMILES string of the molecule is O=C(NC1CCC1)[C@@H]1C[C@@H]2CCN(CCN3CCCC3)C[C@H]2O1. The van der Waals surface area contributed by atoms with Gasteiger partial charge in [0, 0.05) is 25.7 Å². The van der Waals surface area contributed by atoms with E-state index in [2.05, 4.69) is 15.1 Å². The maximum Gasteiger partial charge on any atom is 0.249 e. The minimum absolute atomic E-state index is 0.146. The first-order valence-corrected chi connectivity index (χ1v) is 9.68. The summed E-state index contributed by atoms with van der Waals surface area (Å²) in [6.07, 6.45) is 8.50. The van der Waals surface area contributed by atoms with E-state index >= 15 is 0 Å². The molecule has 3 saturated heterocycles. The van der Waals surface area contributed by atoms with Gasteiger partial charge in [0.05, 0.1) is 6.10 Å². The molecule has 130 valence electrons. The summed E-state index contributed by atoms with van der Waals surface area (Å²) in [5, 5.41) is 3.16. The Morgan fingerprint density at radius 2 is 1.78 bits per heavy atom. The quantitative estimate of drug-likeness (QED) is 0.827. The largest absolute Gasteiger partial charge is 0.364 e. The van der Waals surface area contributed by atoms with Gasteiger partial charge in [-0.15, -0.1) is 0 Å². The Bertz CT molecular complexity index is 420. The first kappa shape index (κ1) is 15.9. The number of hydrogen-bond acceptors (Lipinski definition) is 4. The number of rotatable bonds is 5. The number of piperidine rings is 1. The van der Waals surface area contributed by atoms with Crippen LogP contribution in [0.2, 0.25) is 0 Å². The molecule has 1 N–H and O–H groups in total. The maximum absolute atomic E-state index is 12.3. The minimum atomic E-state index is -0.191. The van der Waals surface area contributed by atoms with E-state index in [-0.39, 0.29) is 18.1 Å². The van der Waals surface area contributed by atoms with Crippen LogP contribution in [-0.4, -0.2) is 73.2 Å². The van der Waals surface area contributed by atoms with Crippen LogP contribution < -0.4 is 5.32 Å². The van der Waals surface area contributed by atoms with Gasteiger partial charge >= 0.3 is 0 Å². The lowest BCUT2D eigenvalue weighted by atomic mass is 9.90. The Balaban J connectivity index is 1.22. The van der Waals surface area contributed by atoms with Crippen molar-refractivity contribution in [1.82, 2.24) is 15.1 Å². The monoisotopic (exact) mass is 321 g/mol. The number of likely N-dealkylation sites (tertiary alicyclic amines) is 2. The van der Waals surface area contributed by atoms with Crippen LogP contribution in [0.4, 0.5) is 0 Å². The van der Waals surface area contributed by atoms with Crippen molar-refractivity contribution in [2.24, 2.45) is 5.92 Å². The first-order valence-electron chi connectivity index (χ1n) is 9.68. The Labute approximate surface area is 139 Å². The lowest BCUT2D eigenvalue weighted by Gasteiger charge is -2.34. The van der Waals surface area contributed by atoms with Gasteiger partial charge in [0.25, 0.3) is 0 Å². The molecular formula is C18H31N3O2. The minimum Gasteiger partial charge on any atom is -0.364 e. The number of carbonyl (C=O) groups excluding carboxylic acids is 1. The standard InChI is InChI=1S/C18H31N3O2/c22-18(19-15-4-3-5-15)16-12-14-6-9-21(13-17(14)23-16)11-10-20-7-1-2-8-20/h14-17H,1-13H2,(H,19,22)/t14-,16-,17+/m0/s1. The van der Waals surface area contributed by atoms with Crippen molar-refractivity contribution < 1.29 is 9.53 Å². The fourth-order valence-electron chi connectivity index (χ4n) is 4.50. The summed E-state index contributed by atoms with van der Waals surface area (Å²) >= 11 is 0. The highest BCUT2D eigenvalue weighted by Gasteiger charge is 2.42. The number of ether oxygens (including phenoxy) is 1. The molecule has 5 heteroatoms. The predicted octanol–water partition coefficient (Wildman–Crippen LogP) is 1.23. The maximum atomic E-state index is 12.3. The van der Waals surface area contributed by atoms with Crippen LogP contribution in [0.15, 0.2) is 0 Å². The van der Waals surface area contributed by atoms with Crippen LogP contribution in [0.1, 0.15) is 44.9 Å². The summed E-state index contributed by atoms with van der Waals surface area (Å²) in [5.41, 5.74) is 0. The van der Waals surface area contributed by atoms with Crippen LogP contribution >= 0.6 is 0 Å². The number of carbonyl (C=O) groups is 1. The fourth-order valence-corrected chi connectivity index (χ4v) is 4.50. The van der Waals surface area contributed by atoms with Gasteiger partial charge in [-0.05, 0) is 70.5 Å². The van der Waals surface area contributed by atoms with Gasteiger partial charge in [-0.3, -0.25) is 9.69 Å². The first-order chi connectivity index (χ1) is 11.3. The summed E-state index contributed by atoms with van der Waals surface area (Å²) in [6, 6.07) is 0.422. The summed E-state index contributed by atoms with van der Waals surface area (Å²) in [5.74, 6) is 0.739. The van der Waals surface area contributed by atoms with Gasteiger partial charge in [0.2, 0.25) is 5.91 Å². The molecule has 0 aromatic heterocycles. The second kappa shape index (κ2) is 7.08. The molecule has 4 fully saturated rings. The highest BCUT2D eigenvalue weighted by atomic mass is 16.5. The second-order valence-corrected chi connectivity index (χ2v) is 7.93. The Hall–Kier alpha value is -0.650. The number of hydrogen-bond donors (Lipinski definition) is 1. The molecule has 0 spiro atoms. The molecule has 0 aromatic carbocycles. The van der Waals surface area contributed by atoms with E-state index in [1.807, 2.05) is 0 Å². The molecule has 0 bridgehead atoms. The van der Waals surface area contributed by atoms with Gasteiger partial charge in [0.1, 0.15) is 6.10 Å². The number of amides is 1. The zero-order valence-electron chi connectivity index (χ0n) is 14.2. The predicted molar refractivity (Wildman–Crippen MR) is 89.3 cm³/mol. The molecule has 1 saturated carbocycles. The molecule has 4 aliphatic rings. The molecule has 3 atom stereocenters. The molecule has 1 aliphatic carbocycles. The average molecular weight is 321 g/mol. The lowest BCUT2D eigenvalue weighted by Crippen LogP contribution is -2.46. The number of fused-ring (bicyclic) bond motifs is 1. The highest BCUT2D eigenvalue weighted by molar-refractivity contribution is 5.81. The van der Waals surface area contributed by atoms with E-state index in [0.29, 0.717) is 12.0 Å². The molecule has 0 unspecified atom stereocenters. The molecular weight excluding hydrogens is 290 g/mol. The van der Waals surface area contributed by atoms with E-state index in [9.17, 15) is 4.79 Å². The average Bonchev–Trinajstić information content (AvgIpc) is 3.17. The Morgan fingerprint density at radius 3 is 2.52 bits per heavy atom. The third-order valence-electron chi connectivity index (χ3n) is 6.31. The van der Waals surface area contributed by atoms with Gasteiger partial charge in [-0.2, -0.15) is 0 Å². The van der Waals surface area contributed by atoms with E-state index in [0.717, 1.165) is 32.4 Å². The van der Waals surface area contributed by atoms with Gasteiger partial charge < -0.3 is 15.0 Å². The van der Waals surface area contributed by atoms with Crippen molar-refractivity contribution in [1.29, 1.82) is 0 Å². The zero-order valence-corrected chi connectivity index (χ0v) is 14.2. The van der Waals surface area contributed by atoms with E-state index in [1.165, 1.54) is 51.9 Å². The van der Waals surface area contributed by atoms with Crippen LogP contribution in [0.25, 0.3) is 0 Å². The molecule has 5 nitrogen and oxygen atoms in total. The molecule has 4 rings (SSSR count). The van der Waals surface area contributed by atoms with Crippen molar-refractivity contribution in [3.8, 4) is 0 Å². The molecule has 1 amide bonds. The van der Waals surface area contributed by atoms with Crippen molar-refractivity contribution in [3.05, 3.63) is 0 Å². The highest BCUT2D eigenvalue weighted by Crippen LogP contribution is 2.33. The summed E-state index contributed by atoms with van der Waals surface area (Å²) in [4.78, 5) is 17.4. The Morgan fingerprint density at radius 1 is 1.00 bits per heavy atom. The van der Waals surface area contributed by atoms with Crippen LogP contribution in [0.5, 0.6) is 0 Å². The molecule has 3 aliphatic heterocycles. The van der Waals surface area contributed by atoms with Crippen LogP contribution in [-0.2, 0) is 9.53 Å². The third-order valence-corrected chi connectivity index (χ3v) is 6.31. The normalized spacial score (nSPS) is 35.9. The summed E-state index contributed by atoms with van der Waals surface area (Å²) in [6.45, 7) is 7.11. The van der Waals surface area contributed by atoms with Gasteiger partial charge in [-0.1, -0.05) is 0 Å². The van der Waals surface area contributed by atoms with E-state index in [4.69, 9.17) is 4.74 Å². The van der Waals surface area contributed by atoms with E-state index in [1.54, 1.807) is 0 Å². The number of nitrogens with one attached hydrogen (secondary N) is 1. The topological polar surface area (TPSA) is 44.8 Å². The second-order valence-electron chi connectivity index (χ2n) is 7.93. The van der Waals surface area contributed by atoms with Crippen LogP contribution in [0.3, 0.4) is 0 Å². The van der Waals surface area contributed by atoms with Crippen LogP contribution in [0, 0.1) is 5.92 Å². The van der Waals surface area contributed by atoms with Crippen molar-refractivity contribution in [2.45, 2.75) is 63.2 Å². The van der Waals surface area contributed by atoms with Crippen molar-refractivity contribution in [2.75, 3.05) is 39.3 Å². The fraction of sp³-hybridized carbons (Fsp3) is 0.944. The Kier molecular flexibility index (Phi) is 4.88. The smallest absolute Gasteiger partial charge is 0.249 e. The van der Waals surface area contributed by atoms with Crippen molar-refractivity contribution in [3.63, 3.8) is 0 Å². The number of nitrogens with zero attached hydrogens (tertiary/aromatic N) is 2. The van der Waals surface area contributed by atoms with Crippen molar-refractivity contribution >= 4 is 5.91 Å². The molecule has 0 radical (unpaired) electrons. The molecule has 3 heterocycles. The zero-order chi connectivity index (χ0) is 15.6. The summed E-state index contributed by atoms with van der Waals surface area (Å²) < 4.78 is 6.13. The van der Waals surface area contributed by atoms with Gasteiger partial charge in [0.15, 0.2) is 0 Å². The molecule has 0 aromatic rings. The molecule has 23 heavy (non-hydrogen) atoms. The van der Waals surface area contributed by atoms with Gasteiger partial charge in [-0.25, -0.2) is 0 Å². The van der Waals surface area contributed by atoms with E-state index < -0.39 is 0 Å².